The number of fused-ring (bicyclic) bond motifs is 16. The highest BCUT2D eigenvalue weighted by Gasteiger charge is 2.28. The number of aliphatic hydroxyl groups excluding tert-OH is 3. The summed E-state index contributed by atoms with van der Waals surface area (Å²) in [6, 6.07) is 15.0. The fourth-order valence-corrected chi connectivity index (χ4v) is 12.9. The summed E-state index contributed by atoms with van der Waals surface area (Å²) >= 11 is 0. The molecule has 0 amide bonds. The minimum atomic E-state index is -0.969. The second kappa shape index (κ2) is 24.0. The molecule has 452 valence electrons. The molecular weight excluding hydrogens is 1100 g/mol. The summed E-state index contributed by atoms with van der Waals surface area (Å²) in [5.74, 6) is -3.37. The number of carboxylic acids is 3. The Morgan fingerprint density at radius 2 is 0.713 bits per heavy atom. The first kappa shape index (κ1) is 61.1. The number of nitrogens with one attached hydrogen (secondary N) is 4. The highest BCUT2D eigenvalue weighted by Crippen LogP contribution is 2.41. The predicted molar refractivity (Wildman–Crippen MR) is 337 cm³/mol. The number of ether oxygens (including phenoxy) is 1. The van der Waals surface area contributed by atoms with Gasteiger partial charge in [0.2, 0.25) is 0 Å². The van der Waals surface area contributed by atoms with E-state index in [1.54, 1.807) is 20.8 Å². The molecule has 16 bridgehead atoms. The molecule has 4 aliphatic rings. The Bertz CT molecular complexity index is 4420. The normalized spacial score (nSPS) is 14.9. The van der Waals surface area contributed by atoms with Crippen LogP contribution in [0.3, 0.4) is 0 Å². The van der Waals surface area contributed by atoms with Crippen LogP contribution in [0.1, 0.15) is 196 Å². The monoisotopic (exact) mass is 1180 g/mol. The SMILES string of the molecule is CC1=C(CCC(=O)O)c2cc3[nH]c(cc4nc(cc5[nH]c(cc1n2)c(C)c5C(C)OC(=O)CCc1c(C)c2cc5nc(cc6[nH]c(cc7nc(cc1[nH]2)C(CCC(=O)O)=C7C)c(C)c6C(C)O)C(C)=C5C(C)O)C(C)=C4C(C)O)c(C)c3CCC(=O)O. The van der Waals surface area contributed by atoms with E-state index in [0.29, 0.717) is 112 Å². The number of hydrogen-bond acceptors (Lipinski definition) is 12. The zero-order chi connectivity index (χ0) is 62.8. The number of allylic oxidation sites excluding steroid dienone is 6. The van der Waals surface area contributed by atoms with Gasteiger partial charge in [-0.3, -0.25) is 19.2 Å². The van der Waals surface area contributed by atoms with Crippen molar-refractivity contribution in [2.24, 2.45) is 0 Å². The molecule has 19 nitrogen and oxygen atoms in total. The number of aromatic amines is 4. The van der Waals surface area contributed by atoms with E-state index in [0.717, 1.165) is 66.8 Å². The largest absolute Gasteiger partial charge is 0.481 e. The van der Waals surface area contributed by atoms with Crippen molar-refractivity contribution in [2.75, 3.05) is 0 Å². The van der Waals surface area contributed by atoms with Crippen LogP contribution in [0, 0.1) is 27.7 Å². The van der Waals surface area contributed by atoms with Crippen LogP contribution in [-0.4, -0.2) is 107 Å². The number of carbonyl (C=O) groups excluding carboxylic acids is 1. The van der Waals surface area contributed by atoms with Crippen LogP contribution in [0.25, 0.3) is 88.7 Å². The summed E-state index contributed by atoms with van der Waals surface area (Å²) in [5.41, 5.74) is 21.5. The van der Waals surface area contributed by atoms with Crippen molar-refractivity contribution in [3.05, 3.63) is 139 Å². The summed E-state index contributed by atoms with van der Waals surface area (Å²) in [6.45, 7) is 22.2. The van der Waals surface area contributed by atoms with Crippen LogP contribution in [0.2, 0.25) is 0 Å². The summed E-state index contributed by atoms with van der Waals surface area (Å²) in [7, 11) is 0. The van der Waals surface area contributed by atoms with Gasteiger partial charge in [0, 0.05) is 92.1 Å². The van der Waals surface area contributed by atoms with Gasteiger partial charge < -0.3 is 55.3 Å². The fourth-order valence-electron chi connectivity index (χ4n) is 12.9. The van der Waals surface area contributed by atoms with Crippen molar-refractivity contribution >= 4 is 113 Å². The van der Waals surface area contributed by atoms with Crippen LogP contribution in [-0.2, 0) is 36.8 Å². The Hall–Kier alpha value is -9.04. The van der Waals surface area contributed by atoms with Crippen LogP contribution in [0.4, 0.5) is 0 Å². The third kappa shape index (κ3) is 11.9. The second-order valence-electron chi connectivity index (χ2n) is 23.4. The van der Waals surface area contributed by atoms with Gasteiger partial charge in [-0.1, -0.05) is 0 Å². The molecular formula is C68H74N8O11. The molecule has 4 aliphatic heterocycles. The zero-order valence-corrected chi connectivity index (χ0v) is 51.1. The standard InChI is InChI=1S/C68H74N8O11/c1-29-41(13-17-61(80)81)54-28-56-44(32(4)48(72-56)24-57-66(38(10)78)34(6)51(74-57)25-59-65(37(9)77)33(5)49(73-59)21-45(29)69-54)16-20-64(86)87-40(12)68-36(8)50-22-46-30(2)42(14-18-62(82)83)53(70-46)27-55-43(15-19-63(84)85)31(3)47(71-55)23-58-67(39(11)79)35(7)52(75-58)26-60(68)76-50/h21-28,37-40,71-73,76-79H,13-20H2,1-12H3,(H,80,81)(H,82,83)(H,84,85). The van der Waals surface area contributed by atoms with Gasteiger partial charge in [0.25, 0.3) is 0 Å². The Labute approximate surface area is 502 Å². The average molecular weight is 1180 g/mol. The summed E-state index contributed by atoms with van der Waals surface area (Å²) in [6.07, 6.45) is -3.13. The van der Waals surface area contributed by atoms with Gasteiger partial charge in [0.05, 0.1) is 63.9 Å². The van der Waals surface area contributed by atoms with Gasteiger partial charge in [-0.15, -0.1) is 0 Å². The lowest BCUT2D eigenvalue weighted by atomic mass is 9.99. The van der Waals surface area contributed by atoms with Gasteiger partial charge in [0.1, 0.15) is 6.10 Å². The molecule has 10 N–H and O–H groups in total. The van der Waals surface area contributed by atoms with E-state index in [1.807, 2.05) is 111 Å². The lowest BCUT2D eigenvalue weighted by molar-refractivity contribution is -0.148. The summed E-state index contributed by atoms with van der Waals surface area (Å²) < 4.78 is 6.42. The number of rotatable bonds is 17. The molecule has 0 radical (unpaired) electrons. The third-order valence-electron chi connectivity index (χ3n) is 17.6. The molecule has 4 atom stereocenters. The van der Waals surface area contributed by atoms with E-state index in [2.05, 4.69) is 19.9 Å². The maximum atomic E-state index is 14.5. The molecule has 6 aromatic heterocycles. The first-order chi connectivity index (χ1) is 41.2. The van der Waals surface area contributed by atoms with Crippen LogP contribution in [0.15, 0.2) is 48.5 Å². The molecule has 10 heterocycles. The quantitative estimate of drug-likeness (QED) is 0.0380. The predicted octanol–water partition coefficient (Wildman–Crippen LogP) is 12.7. The lowest BCUT2D eigenvalue weighted by Crippen LogP contribution is -2.10. The van der Waals surface area contributed by atoms with E-state index < -0.39 is 48.3 Å². The van der Waals surface area contributed by atoms with Gasteiger partial charge in [0.15, 0.2) is 0 Å². The summed E-state index contributed by atoms with van der Waals surface area (Å²) in [4.78, 5) is 85.1. The number of nitrogens with zero attached hydrogens (tertiary/aromatic N) is 4. The van der Waals surface area contributed by atoms with Crippen LogP contribution < -0.4 is 0 Å². The minimum Gasteiger partial charge on any atom is -0.481 e. The van der Waals surface area contributed by atoms with E-state index in [-0.39, 0.29) is 51.4 Å². The van der Waals surface area contributed by atoms with Crippen molar-refractivity contribution in [3.63, 3.8) is 0 Å². The maximum absolute atomic E-state index is 14.5. The van der Waals surface area contributed by atoms with Crippen LogP contribution in [0.5, 0.6) is 0 Å². The van der Waals surface area contributed by atoms with E-state index in [4.69, 9.17) is 24.7 Å². The van der Waals surface area contributed by atoms with Gasteiger partial charge in [-0.05, 0) is 224 Å². The number of aliphatic carboxylic acids is 3. The van der Waals surface area contributed by atoms with Crippen molar-refractivity contribution in [1.82, 2.24) is 39.9 Å². The number of aryl methyl sites for hydroxylation is 6. The first-order valence-corrected chi connectivity index (χ1v) is 29.4. The molecule has 0 fully saturated rings. The number of aromatic nitrogens is 8. The van der Waals surface area contributed by atoms with E-state index >= 15 is 0 Å². The van der Waals surface area contributed by atoms with Gasteiger partial charge in [-0.2, -0.15) is 0 Å². The Morgan fingerprint density at radius 1 is 0.391 bits per heavy atom. The molecule has 87 heavy (non-hydrogen) atoms. The molecule has 0 aliphatic carbocycles. The van der Waals surface area contributed by atoms with Crippen LogP contribution >= 0.6 is 0 Å². The third-order valence-corrected chi connectivity index (χ3v) is 17.6. The first-order valence-electron chi connectivity index (χ1n) is 29.4. The van der Waals surface area contributed by atoms with Crippen molar-refractivity contribution < 1.29 is 54.6 Å². The molecule has 0 aromatic carbocycles. The average Bonchev–Trinajstić information content (AvgIpc) is 1.71. The second-order valence-corrected chi connectivity index (χ2v) is 23.4. The molecule has 4 unspecified atom stereocenters. The fraction of sp³-hybridized carbons (Fsp3) is 0.353. The zero-order valence-electron chi connectivity index (χ0n) is 51.1. The van der Waals surface area contributed by atoms with Gasteiger partial charge >= 0.3 is 23.9 Å². The topological polar surface area (TPSA) is 314 Å². The minimum absolute atomic E-state index is 0.0536. The van der Waals surface area contributed by atoms with E-state index in [9.17, 15) is 49.8 Å². The molecule has 6 aromatic rings. The van der Waals surface area contributed by atoms with Gasteiger partial charge in [-0.25, -0.2) is 19.9 Å². The highest BCUT2D eigenvalue weighted by molar-refractivity contribution is 5.98. The van der Waals surface area contributed by atoms with Crippen molar-refractivity contribution in [1.29, 1.82) is 0 Å². The molecule has 0 saturated carbocycles. The number of esters is 1. The molecule has 0 spiro atoms. The maximum Gasteiger partial charge on any atom is 0.306 e. The number of H-pyrrole nitrogens is 4. The van der Waals surface area contributed by atoms with Crippen molar-refractivity contribution in [2.45, 2.75) is 159 Å². The number of aliphatic hydroxyl groups is 3. The number of carboxylic acid groups (broad SMARTS) is 3. The highest BCUT2D eigenvalue weighted by atomic mass is 16.5. The summed E-state index contributed by atoms with van der Waals surface area (Å²) in [5, 5.41) is 63.1. The smallest absolute Gasteiger partial charge is 0.306 e. The number of hydrogen-bond donors (Lipinski definition) is 10. The Balaban J connectivity index is 1.10. The molecule has 10 rings (SSSR count). The van der Waals surface area contributed by atoms with Crippen molar-refractivity contribution in [3.8, 4) is 0 Å². The molecule has 0 saturated heterocycles. The van der Waals surface area contributed by atoms with E-state index in [1.165, 1.54) is 0 Å². The lowest BCUT2D eigenvalue weighted by Gasteiger charge is -2.14. The number of carbonyl (C=O) groups is 4. The molecule has 19 heteroatoms. The Morgan fingerprint density at radius 3 is 1.13 bits per heavy atom. The Kier molecular flexibility index (Phi) is 16.9.